The Bertz CT molecular complexity index is 388. The molecule has 2 saturated heterocycles. The van der Waals surface area contributed by atoms with Gasteiger partial charge in [-0.2, -0.15) is 0 Å². The van der Waals surface area contributed by atoms with E-state index in [1.165, 1.54) is 0 Å². The van der Waals surface area contributed by atoms with Crippen LogP contribution in [0.3, 0.4) is 0 Å². The highest BCUT2D eigenvalue weighted by Crippen LogP contribution is 2.28. The Morgan fingerprint density at radius 1 is 0.870 bits per heavy atom. The van der Waals surface area contributed by atoms with Crippen molar-refractivity contribution in [2.75, 3.05) is 13.2 Å². The summed E-state index contributed by atoms with van der Waals surface area (Å²) >= 11 is 0. The second kappa shape index (κ2) is 7.61. The smallest absolute Gasteiger partial charge is 0.217 e. The number of aliphatic hydroxyl groups excluding tert-OH is 6. The largest absolute Gasteiger partial charge is 0.394 e. The average Bonchev–Trinajstić information content (AvgIpc) is 2.55. The van der Waals surface area contributed by atoms with Crippen molar-refractivity contribution in [1.29, 1.82) is 0 Å². The molecule has 10 atom stereocenters. The molecule has 2 rings (SSSR count). The first-order valence-corrected chi connectivity index (χ1v) is 7.11. The lowest BCUT2D eigenvalue weighted by Gasteiger charge is -2.45. The van der Waals surface area contributed by atoms with Gasteiger partial charge in [-0.1, -0.05) is 0 Å². The summed E-state index contributed by atoms with van der Waals surface area (Å²) in [5.41, 5.74) is 5.43. The predicted octanol–water partition coefficient (Wildman–Crippen LogP) is -4.45. The molecule has 0 aromatic rings. The highest BCUT2D eigenvalue weighted by Gasteiger charge is 2.49. The average molecular weight is 343 g/mol. The molecule has 2 aliphatic rings. The quantitative estimate of drug-likeness (QED) is 0.264. The van der Waals surface area contributed by atoms with Gasteiger partial charge in [0, 0.05) is 0 Å². The van der Waals surface area contributed by atoms with Crippen LogP contribution in [0.4, 0.5) is 4.39 Å². The molecule has 0 spiro atoms. The van der Waals surface area contributed by atoms with Crippen molar-refractivity contribution >= 4 is 0 Å². The maximum atomic E-state index is 13.5. The van der Waals surface area contributed by atoms with Gasteiger partial charge >= 0.3 is 0 Å². The molecule has 10 nitrogen and oxygen atoms in total. The lowest BCUT2D eigenvalue weighted by Crippen LogP contribution is -2.65. The van der Waals surface area contributed by atoms with Crippen LogP contribution in [0, 0.1) is 0 Å². The molecular weight excluding hydrogens is 321 g/mol. The van der Waals surface area contributed by atoms with Gasteiger partial charge in [-0.3, -0.25) is 0 Å². The van der Waals surface area contributed by atoms with E-state index in [9.17, 15) is 29.9 Å². The zero-order valence-corrected chi connectivity index (χ0v) is 12.1. The summed E-state index contributed by atoms with van der Waals surface area (Å²) in [6.45, 7) is -1.36. The molecule has 1 unspecified atom stereocenters. The van der Waals surface area contributed by atoms with Gasteiger partial charge in [-0.05, 0) is 0 Å². The van der Waals surface area contributed by atoms with Crippen molar-refractivity contribution in [1.82, 2.24) is 0 Å². The number of hydrogen-bond donors (Lipinski definition) is 7. The van der Waals surface area contributed by atoms with Crippen LogP contribution in [0.25, 0.3) is 0 Å². The van der Waals surface area contributed by atoms with Crippen molar-refractivity contribution in [3.8, 4) is 0 Å². The van der Waals surface area contributed by atoms with Crippen LogP contribution < -0.4 is 5.73 Å². The minimum absolute atomic E-state index is 0.663. The normalized spacial score (nSPS) is 51.7. The van der Waals surface area contributed by atoms with Crippen LogP contribution in [0.5, 0.6) is 0 Å². The van der Waals surface area contributed by atoms with Crippen LogP contribution in [0.15, 0.2) is 0 Å². The highest BCUT2D eigenvalue weighted by molar-refractivity contribution is 4.95. The third kappa shape index (κ3) is 3.64. The molecule has 0 saturated carbocycles. The van der Waals surface area contributed by atoms with Crippen LogP contribution >= 0.6 is 0 Å². The molecule has 2 heterocycles. The van der Waals surface area contributed by atoms with Crippen LogP contribution in [-0.2, 0) is 14.2 Å². The molecule has 0 aromatic carbocycles. The van der Waals surface area contributed by atoms with E-state index in [2.05, 4.69) is 0 Å². The molecule has 0 bridgehead atoms. The zero-order chi connectivity index (χ0) is 17.3. The number of hydrogen-bond acceptors (Lipinski definition) is 10. The lowest BCUT2D eigenvalue weighted by molar-refractivity contribution is -0.340. The number of ether oxygens (including phenoxy) is 3. The van der Waals surface area contributed by atoms with Crippen molar-refractivity contribution in [3.05, 3.63) is 0 Å². The lowest BCUT2D eigenvalue weighted by atomic mass is 9.96. The Morgan fingerprint density at radius 3 is 2.04 bits per heavy atom. The number of aliphatic hydroxyl groups is 6. The summed E-state index contributed by atoms with van der Waals surface area (Å²) < 4.78 is 28.7. The fraction of sp³-hybridized carbons (Fsp3) is 1.00. The maximum absolute atomic E-state index is 13.5. The molecule has 0 aromatic heterocycles. The highest BCUT2D eigenvalue weighted by atomic mass is 19.1. The molecule has 136 valence electrons. The Kier molecular flexibility index (Phi) is 6.24. The number of nitrogens with two attached hydrogens (primary N) is 1. The molecule has 0 amide bonds. The molecule has 23 heavy (non-hydrogen) atoms. The first kappa shape index (κ1) is 18.9. The molecule has 2 aliphatic heterocycles. The van der Waals surface area contributed by atoms with Gasteiger partial charge in [0.1, 0.15) is 42.7 Å². The first-order valence-electron chi connectivity index (χ1n) is 7.11. The standard InChI is InChI=1S/C12H22FNO9/c13-11-5(14)7(18)10(4(2-16)21-11)23-12-9(20)8(19)6(17)3(1-15)22-12/h3-12,15-20H,1-2,14H2/t3-,4-,5-,6+,7-,8+,9-,10-,11?,12+/m1/s1. The van der Waals surface area contributed by atoms with E-state index in [1.54, 1.807) is 0 Å². The molecule has 8 N–H and O–H groups in total. The third-order valence-electron chi connectivity index (χ3n) is 4.02. The second-order valence-corrected chi connectivity index (χ2v) is 5.57. The Hall–Kier alpha value is -0.470. The monoisotopic (exact) mass is 343 g/mol. The van der Waals surface area contributed by atoms with Crippen molar-refractivity contribution in [2.24, 2.45) is 5.73 Å². The second-order valence-electron chi connectivity index (χ2n) is 5.57. The fourth-order valence-electron chi connectivity index (χ4n) is 2.58. The van der Waals surface area contributed by atoms with E-state index in [1.807, 2.05) is 0 Å². The topological polar surface area (TPSA) is 175 Å². The van der Waals surface area contributed by atoms with Crippen molar-refractivity contribution in [3.63, 3.8) is 0 Å². The molecule has 2 fully saturated rings. The van der Waals surface area contributed by atoms with Crippen LogP contribution in [0.2, 0.25) is 0 Å². The summed E-state index contributed by atoms with van der Waals surface area (Å²) in [6.07, 6.45) is -14.0. The third-order valence-corrected chi connectivity index (χ3v) is 4.02. The van der Waals surface area contributed by atoms with Gasteiger partial charge < -0.3 is 50.6 Å². The number of alkyl halides is 1. The van der Waals surface area contributed by atoms with E-state index in [4.69, 9.17) is 25.1 Å². The minimum Gasteiger partial charge on any atom is -0.394 e. The van der Waals surface area contributed by atoms with Crippen LogP contribution in [-0.4, -0.2) is 105 Å². The Morgan fingerprint density at radius 2 is 1.48 bits per heavy atom. The van der Waals surface area contributed by atoms with E-state index < -0.39 is 74.6 Å². The fourth-order valence-corrected chi connectivity index (χ4v) is 2.58. The first-order chi connectivity index (χ1) is 10.8. The summed E-state index contributed by atoms with van der Waals surface area (Å²) in [7, 11) is 0. The van der Waals surface area contributed by atoms with Gasteiger partial charge in [0.05, 0.1) is 19.3 Å². The SMILES string of the molecule is N[C@H]1C(F)O[C@H](CO)[C@@H](O[C@@H]2O[C@H](CO)[C@H](O)[C@H](O)[C@H]2O)[C@@H]1O. The molecule has 0 radical (unpaired) electrons. The van der Waals surface area contributed by atoms with E-state index >= 15 is 0 Å². The summed E-state index contributed by atoms with van der Waals surface area (Å²) in [5, 5.41) is 57.5. The zero-order valence-electron chi connectivity index (χ0n) is 12.1. The molecular formula is C12H22FNO9. The number of rotatable bonds is 4. The summed E-state index contributed by atoms with van der Waals surface area (Å²) in [6, 6.07) is -1.45. The van der Waals surface area contributed by atoms with Gasteiger partial charge in [-0.15, -0.1) is 0 Å². The van der Waals surface area contributed by atoms with Gasteiger partial charge in [0.25, 0.3) is 0 Å². The molecule has 0 aliphatic carbocycles. The Labute approximate surface area is 130 Å². The molecule has 11 heteroatoms. The van der Waals surface area contributed by atoms with Crippen molar-refractivity contribution in [2.45, 2.75) is 61.4 Å². The van der Waals surface area contributed by atoms with E-state index in [0.29, 0.717) is 0 Å². The number of halogens is 1. The predicted molar refractivity (Wildman–Crippen MR) is 69.5 cm³/mol. The Balaban J connectivity index is 2.11. The van der Waals surface area contributed by atoms with Gasteiger partial charge in [0.2, 0.25) is 6.36 Å². The van der Waals surface area contributed by atoms with E-state index in [0.717, 1.165) is 0 Å². The maximum Gasteiger partial charge on any atom is 0.217 e. The van der Waals surface area contributed by atoms with Crippen LogP contribution in [0.1, 0.15) is 0 Å². The van der Waals surface area contributed by atoms with Gasteiger partial charge in [-0.25, -0.2) is 4.39 Å². The van der Waals surface area contributed by atoms with Crippen molar-refractivity contribution < 1.29 is 49.2 Å². The summed E-state index contributed by atoms with van der Waals surface area (Å²) in [4.78, 5) is 0. The van der Waals surface area contributed by atoms with E-state index in [-0.39, 0.29) is 0 Å². The van der Waals surface area contributed by atoms with Gasteiger partial charge in [0.15, 0.2) is 6.29 Å². The summed E-state index contributed by atoms with van der Waals surface area (Å²) in [5.74, 6) is 0. The minimum atomic E-state index is -2.02.